The molecular formula is C17H15FN8O. The van der Waals surface area contributed by atoms with Gasteiger partial charge >= 0.3 is 5.69 Å². The van der Waals surface area contributed by atoms with Crippen molar-refractivity contribution in [1.29, 1.82) is 0 Å². The van der Waals surface area contributed by atoms with E-state index in [-0.39, 0.29) is 17.5 Å². The largest absolute Gasteiger partial charge is 0.361 e. The average Bonchev–Trinajstić information content (AvgIpc) is 3.30. The van der Waals surface area contributed by atoms with Gasteiger partial charge in [-0.1, -0.05) is 12.1 Å². The number of hydrogen-bond donors (Lipinski definition) is 2. The zero-order chi connectivity index (χ0) is 18.4. The van der Waals surface area contributed by atoms with Crippen LogP contribution < -0.4 is 11.0 Å². The van der Waals surface area contributed by atoms with E-state index in [0.717, 1.165) is 12.8 Å². The van der Waals surface area contributed by atoms with Crippen LogP contribution in [0.4, 0.5) is 10.2 Å². The Morgan fingerprint density at radius 1 is 1.22 bits per heavy atom. The van der Waals surface area contributed by atoms with Crippen LogP contribution in [0.2, 0.25) is 0 Å². The van der Waals surface area contributed by atoms with Gasteiger partial charge in [0.1, 0.15) is 11.6 Å². The lowest BCUT2D eigenvalue weighted by atomic mass is 10.2. The first kappa shape index (κ1) is 15.7. The van der Waals surface area contributed by atoms with Crippen LogP contribution in [0, 0.1) is 5.82 Å². The first-order valence-electron chi connectivity index (χ1n) is 8.57. The highest BCUT2D eigenvalue weighted by molar-refractivity contribution is 5.59. The molecule has 0 radical (unpaired) electrons. The van der Waals surface area contributed by atoms with Gasteiger partial charge < -0.3 is 5.32 Å². The van der Waals surface area contributed by atoms with E-state index < -0.39 is 0 Å². The van der Waals surface area contributed by atoms with Crippen molar-refractivity contribution >= 4 is 11.5 Å². The molecule has 0 unspecified atom stereocenters. The molecule has 1 fully saturated rings. The number of rotatable bonds is 5. The Morgan fingerprint density at radius 3 is 2.93 bits per heavy atom. The molecule has 0 aliphatic heterocycles. The Hall–Kier alpha value is -3.56. The Kier molecular flexibility index (Phi) is 3.49. The molecule has 4 aromatic rings. The maximum absolute atomic E-state index is 13.5. The summed E-state index contributed by atoms with van der Waals surface area (Å²) in [5, 5.41) is 22.4. The Balaban J connectivity index is 1.45. The van der Waals surface area contributed by atoms with Crippen molar-refractivity contribution < 1.29 is 4.39 Å². The molecule has 9 nitrogen and oxygen atoms in total. The normalized spacial score (nSPS) is 14.0. The van der Waals surface area contributed by atoms with Crippen LogP contribution in [-0.4, -0.2) is 34.6 Å². The molecule has 3 aromatic heterocycles. The fourth-order valence-corrected chi connectivity index (χ4v) is 3.03. The molecular weight excluding hydrogens is 351 g/mol. The molecule has 0 saturated heterocycles. The lowest BCUT2D eigenvalue weighted by molar-refractivity contribution is 0.628. The van der Waals surface area contributed by atoms with Crippen molar-refractivity contribution in [2.24, 2.45) is 0 Å². The second kappa shape index (κ2) is 6.01. The molecule has 1 aliphatic carbocycles. The van der Waals surface area contributed by atoms with Crippen molar-refractivity contribution in [2.45, 2.75) is 25.4 Å². The van der Waals surface area contributed by atoms with Crippen LogP contribution in [0.15, 0.2) is 41.2 Å². The third-order valence-corrected chi connectivity index (χ3v) is 4.46. The van der Waals surface area contributed by atoms with Gasteiger partial charge in [-0.3, -0.25) is 4.57 Å². The monoisotopic (exact) mass is 366 g/mol. The van der Waals surface area contributed by atoms with Crippen molar-refractivity contribution in [3.8, 4) is 11.4 Å². The number of aromatic amines is 1. The predicted molar refractivity (Wildman–Crippen MR) is 94.6 cm³/mol. The molecule has 0 bridgehead atoms. The van der Waals surface area contributed by atoms with Crippen LogP contribution in [0.3, 0.4) is 0 Å². The maximum atomic E-state index is 13.5. The summed E-state index contributed by atoms with van der Waals surface area (Å²) in [4.78, 5) is 11.9. The number of H-pyrrole nitrogens is 1. The lowest BCUT2D eigenvalue weighted by Gasteiger charge is -2.07. The van der Waals surface area contributed by atoms with E-state index in [1.165, 1.54) is 12.1 Å². The van der Waals surface area contributed by atoms with Gasteiger partial charge in [0.25, 0.3) is 0 Å². The summed E-state index contributed by atoms with van der Waals surface area (Å²) >= 11 is 0. The molecule has 10 heteroatoms. The standard InChI is InChI=1S/C17H15FN8O/c18-11-3-1-2-10(8-11)16-22-20-14-7-6-13(24-26(14)16)19-9-15-21-23-17(27)25(15)12-4-5-12/h1-3,6-8,12H,4-5,9H2,(H,19,24)(H,23,27). The van der Waals surface area contributed by atoms with Gasteiger partial charge in [-0.25, -0.2) is 14.3 Å². The van der Waals surface area contributed by atoms with Gasteiger partial charge in [0.15, 0.2) is 17.3 Å². The average molecular weight is 366 g/mol. The van der Waals surface area contributed by atoms with E-state index in [9.17, 15) is 9.18 Å². The summed E-state index contributed by atoms with van der Waals surface area (Å²) in [5.74, 6) is 1.30. The Morgan fingerprint density at radius 2 is 2.11 bits per heavy atom. The zero-order valence-electron chi connectivity index (χ0n) is 14.1. The number of anilines is 1. The molecule has 1 aromatic carbocycles. The first-order chi connectivity index (χ1) is 13.2. The van der Waals surface area contributed by atoms with Crippen LogP contribution in [-0.2, 0) is 6.54 Å². The van der Waals surface area contributed by atoms with Crippen molar-refractivity contribution in [3.63, 3.8) is 0 Å². The second-order valence-corrected chi connectivity index (χ2v) is 6.42. The molecule has 2 N–H and O–H groups in total. The van der Waals surface area contributed by atoms with Gasteiger partial charge in [-0.05, 0) is 37.1 Å². The minimum atomic E-state index is -0.352. The molecule has 5 rings (SSSR count). The number of benzene rings is 1. The van der Waals surface area contributed by atoms with Crippen LogP contribution in [0.5, 0.6) is 0 Å². The van der Waals surface area contributed by atoms with Gasteiger partial charge in [0.2, 0.25) is 0 Å². The number of nitrogens with one attached hydrogen (secondary N) is 2. The first-order valence-corrected chi connectivity index (χ1v) is 8.57. The number of halogens is 1. The van der Waals surface area contributed by atoms with Gasteiger partial charge in [-0.15, -0.1) is 15.3 Å². The third kappa shape index (κ3) is 2.84. The minimum absolute atomic E-state index is 0.190. The van der Waals surface area contributed by atoms with E-state index in [1.54, 1.807) is 33.3 Å². The fourth-order valence-electron chi connectivity index (χ4n) is 3.03. The van der Waals surface area contributed by atoms with E-state index >= 15 is 0 Å². The molecule has 1 saturated carbocycles. The van der Waals surface area contributed by atoms with E-state index in [4.69, 9.17) is 0 Å². The van der Waals surface area contributed by atoms with Crippen LogP contribution in [0.25, 0.3) is 17.0 Å². The molecule has 0 spiro atoms. The second-order valence-electron chi connectivity index (χ2n) is 6.42. The predicted octanol–water partition coefficient (Wildman–Crippen LogP) is 1.76. The summed E-state index contributed by atoms with van der Waals surface area (Å²) in [5.41, 5.74) is 0.946. The quantitative estimate of drug-likeness (QED) is 0.558. The smallest absolute Gasteiger partial charge is 0.343 e. The summed E-state index contributed by atoms with van der Waals surface area (Å²) in [6.07, 6.45) is 1.99. The summed E-state index contributed by atoms with van der Waals surface area (Å²) in [6, 6.07) is 9.89. The molecule has 0 atom stereocenters. The van der Waals surface area contributed by atoms with Gasteiger partial charge in [0.05, 0.1) is 6.54 Å². The molecule has 3 heterocycles. The maximum Gasteiger partial charge on any atom is 0.343 e. The van der Waals surface area contributed by atoms with E-state index in [1.807, 2.05) is 0 Å². The van der Waals surface area contributed by atoms with Crippen molar-refractivity contribution in [2.75, 3.05) is 5.32 Å². The highest BCUT2D eigenvalue weighted by atomic mass is 19.1. The lowest BCUT2D eigenvalue weighted by Crippen LogP contribution is -2.19. The zero-order valence-corrected chi connectivity index (χ0v) is 14.1. The molecule has 27 heavy (non-hydrogen) atoms. The molecule has 136 valence electrons. The summed E-state index contributed by atoms with van der Waals surface area (Å²) in [7, 11) is 0. The summed E-state index contributed by atoms with van der Waals surface area (Å²) in [6.45, 7) is 0.352. The third-order valence-electron chi connectivity index (χ3n) is 4.46. The Labute approximate surface area is 151 Å². The van der Waals surface area contributed by atoms with Gasteiger partial charge in [0, 0.05) is 11.6 Å². The number of hydrogen-bond acceptors (Lipinski definition) is 6. The number of nitrogens with zero attached hydrogens (tertiary/aromatic N) is 6. The van der Waals surface area contributed by atoms with Crippen molar-refractivity contribution in [3.05, 3.63) is 58.5 Å². The highest BCUT2D eigenvalue weighted by Crippen LogP contribution is 2.34. The highest BCUT2D eigenvalue weighted by Gasteiger charge is 2.28. The minimum Gasteiger partial charge on any atom is -0.361 e. The SMILES string of the molecule is O=c1[nH]nc(CNc2ccc3nnc(-c4cccc(F)c4)n3n2)n1C1CC1. The Bertz CT molecular complexity index is 1190. The van der Waals surface area contributed by atoms with E-state index in [2.05, 4.69) is 30.8 Å². The number of aromatic nitrogens is 7. The topological polar surface area (TPSA) is 106 Å². The summed E-state index contributed by atoms with van der Waals surface area (Å²) < 4.78 is 16.8. The van der Waals surface area contributed by atoms with Crippen molar-refractivity contribution in [1.82, 2.24) is 34.6 Å². The van der Waals surface area contributed by atoms with Gasteiger partial charge in [-0.2, -0.15) is 9.61 Å². The van der Waals surface area contributed by atoms with Crippen LogP contribution in [0.1, 0.15) is 24.7 Å². The van der Waals surface area contributed by atoms with Crippen LogP contribution >= 0.6 is 0 Å². The molecule has 1 aliphatic rings. The number of fused-ring (bicyclic) bond motifs is 1. The fraction of sp³-hybridized carbons (Fsp3) is 0.235. The molecule has 0 amide bonds. The van der Waals surface area contributed by atoms with E-state index in [0.29, 0.717) is 35.2 Å².